The summed E-state index contributed by atoms with van der Waals surface area (Å²) in [5, 5.41) is 14.2. The monoisotopic (exact) mass is 418 g/mol. The second kappa shape index (κ2) is 8.71. The molecule has 0 aliphatic carbocycles. The van der Waals surface area contributed by atoms with Gasteiger partial charge in [0.05, 0.1) is 22.9 Å². The van der Waals surface area contributed by atoms with E-state index in [1.165, 1.54) is 0 Å². The number of nitrogens with one attached hydrogen (secondary N) is 2. The van der Waals surface area contributed by atoms with Crippen LogP contribution < -0.4 is 10.6 Å². The summed E-state index contributed by atoms with van der Waals surface area (Å²) in [4.78, 5) is 38.3. The molecule has 2 N–H and O–H groups in total. The van der Waals surface area contributed by atoms with Gasteiger partial charge in [0.1, 0.15) is 0 Å². The predicted octanol–water partition coefficient (Wildman–Crippen LogP) is 0.959. The van der Waals surface area contributed by atoms with E-state index in [9.17, 15) is 14.4 Å². The molecule has 0 spiro atoms. The molecule has 2 aromatic rings. The number of benzene rings is 1. The lowest BCUT2D eigenvalue weighted by Gasteiger charge is -2.23. The summed E-state index contributed by atoms with van der Waals surface area (Å²) in [6.45, 7) is 3.95. The number of nitrogens with zero attached hydrogens (tertiary/aromatic N) is 4. The molecule has 29 heavy (non-hydrogen) atoms. The molecule has 0 saturated carbocycles. The Morgan fingerprint density at radius 1 is 1.17 bits per heavy atom. The molecule has 1 fully saturated rings. The number of imide groups is 1. The zero-order valence-corrected chi connectivity index (χ0v) is 16.9. The molecule has 1 aromatic heterocycles. The number of carbonyl (C=O) groups is 3. The molecule has 2 aliphatic rings. The van der Waals surface area contributed by atoms with Crippen LogP contribution in [0.15, 0.2) is 24.3 Å². The van der Waals surface area contributed by atoms with Crippen molar-refractivity contribution in [2.24, 2.45) is 0 Å². The van der Waals surface area contributed by atoms with E-state index in [1.54, 1.807) is 24.3 Å². The standard InChI is InChI=1S/C19H22N6O3.ClH/c1-12-16(22-23-25(12)13-6-8-20-9-7-13)17(26)21-10-11-24-18(27)14-4-2-3-5-15(14)19(24)28;/h2-5,13,20H,6-11H2,1H3,(H,21,26);1H. The van der Waals surface area contributed by atoms with E-state index in [-0.39, 0.29) is 55.0 Å². The Morgan fingerprint density at radius 2 is 1.79 bits per heavy atom. The van der Waals surface area contributed by atoms with Crippen molar-refractivity contribution in [3.05, 3.63) is 46.8 Å². The quantitative estimate of drug-likeness (QED) is 0.700. The molecular weight excluding hydrogens is 396 g/mol. The molecule has 2 aliphatic heterocycles. The van der Waals surface area contributed by atoms with E-state index in [0.29, 0.717) is 11.1 Å². The summed E-state index contributed by atoms with van der Waals surface area (Å²) >= 11 is 0. The fourth-order valence-electron chi connectivity index (χ4n) is 3.76. The van der Waals surface area contributed by atoms with Gasteiger partial charge in [0, 0.05) is 13.1 Å². The first-order valence-electron chi connectivity index (χ1n) is 9.44. The summed E-state index contributed by atoms with van der Waals surface area (Å²) < 4.78 is 1.82. The summed E-state index contributed by atoms with van der Waals surface area (Å²) in [6, 6.07) is 6.97. The highest BCUT2D eigenvalue weighted by Crippen LogP contribution is 2.22. The molecule has 9 nitrogen and oxygen atoms in total. The van der Waals surface area contributed by atoms with Gasteiger partial charge in [-0.05, 0) is 45.0 Å². The number of aromatic nitrogens is 3. The van der Waals surface area contributed by atoms with Gasteiger partial charge in [0.25, 0.3) is 17.7 Å². The SMILES string of the molecule is Cc1c(C(=O)NCCN2C(=O)c3ccccc3C2=O)nnn1C1CCNCC1.Cl. The summed E-state index contributed by atoms with van der Waals surface area (Å²) in [6.07, 6.45) is 1.90. The van der Waals surface area contributed by atoms with E-state index in [2.05, 4.69) is 20.9 Å². The van der Waals surface area contributed by atoms with Gasteiger partial charge in [-0.1, -0.05) is 17.3 Å². The third-order valence-corrected chi connectivity index (χ3v) is 5.30. The van der Waals surface area contributed by atoms with E-state index in [1.807, 2.05) is 11.6 Å². The van der Waals surface area contributed by atoms with Gasteiger partial charge in [-0.25, -0.2) is 4.68 Å². The third-order valence-electron chi connectivity index (χ3n) is 5.30. The van der Waals surface area contributed by atoms with Crippen LogP contribution in [0, 0.1) is 6.92 Å². The number of halogens is 1. The first kappa shape index (κ1) is 20.9. The highest BCUT2D eigenvalue weighted by atomic mass is 35.5. The van der Waals surface area contributed by atoms with E-state index >= 15 is 0 Å². The lowest BCUT2D eigenvalue weighted by atomic mass is 10.1. The molecular formula is C19H23ClN6O3. The predicted molar refractivity (Wildman–Crippen MR) is 107 cm³/mol. The summed E-state index contributed by atoms with van der Waals surface area (Å²) in [7, 11) is 0. The minimum atomic E-state index is -0.353. The Balaban J connectivity index is 0.00000240. The normalized spacial score (nSPS) is 16.5. The Hall–Kier alpha value is -2.78. The molecule has 4 rings (SSSR count). The van der Waals surface area contributed by atoms with Crippen molar-refractivity contribution in [3.8, 4) is 0 Å². The van der Waals surface area contributed by atoms with Crippen LogP contribution in [0.3, 0.4) is 0 Å². The van der Waals surface area contributed by atoms with Crippen molar-refractivity contribution < 1.29 is 14.4 Å². The highest BCUT2D eigenvalue weighted by molar-refractivity contribution is 6.21. The topological polar surface area (TPSA) is 109 Å². The molecule has 1 saturated heterocycles. The molecule has 3 amide bonds. The zero-order chi connectivity index (χ0) is 19.7. The lowest BCUT2D eigenvalue weighted by molar-refractivity contribution is 0.0649. The first-order chi connectivity index (χ1) is 13.6. The fourth-order valence-corrected chi connectivity index (χ4v) is 3.76. The molecule has 1 aromatic carbocycles. The number of hydrogen-bond acceptors (Lipinski definition) is 6. The average Bonchev–Trinajstić information content (AvgIpc) is 3.22. The average molecular weight is 419 g/mol. The molecule has 154 valence electrons. The van der Waals surface area contributed by atoms with Crippen LogP contribution >= 0.6 is 12.4 Å². The highest BCUT2D eigenvalue weighted by Gasteiger charge is 2.34. The second-order valence-electron chi connectivity index (χ2n) is 7.01. The maximum Gasteiger partial charge on any atom is 0.273 e. The van der Waals surface area contributed by atoms with E-state index in [4.69, 9.17) is 0 Å². The maximum atomic E-state index is 12.5. The Bertz CT molecular complexity index is 903. The van der Waals surface area contributed by atoms with Crippen LogP contribution in [-0.4, -0.2) is 63.8 Å². The minimum absolute atomic E-state index is 0. The third kappa shape index (κ3) is 3.88. The number of carbonyl (C=O) groups excluding carboxylic acids is 3. The number of amides is 3. The van der Waals surface area contributed by atoms with Crippen LogP contribution in [0.2, 0.25) is 0 Å². The van der Waals surface area contributed by atoms with Crippen LogP contribution in [0.25, 0.3) is 0 Å². The Kier molecular flexibility index (Phi) is 6.29. The minimum Gasteiger partial charge on any atom is -0.349 e. The molecule has 10 heteroatoms. The van der Waals surface area contributed by atoms with Crippen molar-refractivity contribution in [1.29, 1.82) is 0 Å². The van der Waals surface area contributed by atoms with Crippen molar-refractivity contribution in [2.45, 2.75) is 25.8 Å². The Morgan fingerprint density at radius 3 is 2.41 bits per heavy atom. The number of hydrogen-bond donors (Lipinski definition) is 2. The molecule has 0 radical (unpaired) electrons. The van der Waals surface area contributed by atoms with Gasteiger partial charge in [0.2, 0.25) is 0 Å². The number of fused-ring (bicyclic) bond motifs is 1. The number of rotatable bonds is 5. The van der Waals surface area contributed by atoms with Gasteiger partial charge in [0.15, 0.2) is 5.69 Å². The van der Waals surface area contributed by atoms with Crippen molar-refractivity contribution >= 4 is 30.1 Å². The van der Waals surface area contributed by atoms with Gasteiger partial charge < -0.3 is 10.6 Å². The van der Waals surface area contributed by atoms with Crippen molar-refractivity contribution in [1.82, 2.24) is 30.5 Å². The molecule has 0 bridgehead atoms. The second-order valence-corrected chi connectivity index (χ2v) is 7.01. The van der Waals surface area contributed by atoms with Crippen molar-refractivity contribution in [3.63, 3.8) is 0 Å². The van der Waals surface area contributed by atoms with Crippen LogP contribution in [0.1, 0.15) is 55.8 Å². The van der Waals surface area contributed by atoms with E-state index < -0.39 is 0 Å². The Labute approximate surface area is 174 Å². The van der Waals surface area contributed by atoms with Gasteiger partial charge >= 0.3 is 0 Å². The maximum absolute atomic E-state index is 12.5. The molecule has 0 atom stereocenters. The van der Waals surface area contributed by atoms with Crippen LogP contribution in [0.5, 0.6) is 0 Å². The zero-order valence-electron chi connectivity index (χ0n) is 16.1. The van der Waals surface area contributed by atoms with Gasteiger partial charge in [-0.2, -0.15) is 0 Å². The fraction of sp³-hybridized carbons (Fsp3) is 0.421. The van der Waals surface area contributed by atoms with Crippen LogP contribution in [-0.2, 0) is 0 Å². The van der Waals surface area contributed by atoms with Gasteiger partial charge in [-0.15, -0.1) is 17.5 Å². The lowest BCUT2D eigenvalue weighted by Crippen LogP contribution is -2.38. The number of piperidine rings is 1. The largest absolute Gasteiger partial charge is 0.349 e. The van der Waals surface area contributed by atoms with Gasteiger partial charge in [-0.3, -0.25) is 19.3 Å². The van der Waals surface area contributed by atoms with Crippen LogP contribution in [0.4, 0.5) is 0 Å². The first-order valence-corrected chi connectivity index (χ1v) is 9.44. The summed E-state index contributed by atoms with van der Waals surface area (Å²) in [5.74, 6) is -1.01. The molecule has 3 heterocycles. The van der Waals surface area contributed by atoms with E-state index in [0.717, 1.165) is 36.5 Å². The molecule has 0 unspecified atom stereocenters. The smallest absolute Gasteiger partial charge is 0.273 e. The van der Waals surface area contributed by atoms with Crippen molar-refractivity contribution in [2.75, 3.05) is 26.2 Å². The summed E-state index contributed by atoms with van der Waals surface area (Å²) in [5.41, 5.74) is 1.81.